The fourth-order valence-electron chi connectivity index (χ4n) is 1.80. The van der Waals surface area contributed by atoms with Gasteiger partial charge >= 0.3 is 0 Å². The lowest BCUT2D eigenvalue weighted by atomic mass is 10.1. The predicted molar refractivity (Wildman–Crippen MR) is 73.5 cm³/mol. The van der Waals surface area contributed by atoms with E-state index in [0.717, 1.165) is 0 Å². The number of nitrogens with zero attached hydrogens (tertiary/aromatic N) is 5. The molecule has 1 atom stereocenters. The molecule has 2 aromatic heterocycles. The SMILES string of the molecule is OC(CNc1ccc2nnnn2n1)c1ccccc1Cl. The maximum atomic E-state index is 10.1. The molecular weight excluding hydrogens is 280 g/mol. The van der Waals surface area contributed by atoms with Gasteiger partial charge in [0.05, 0.1) is 6.10 Å². The van der Waals surface area contributed by atoms with Gasteiger partial charge in [0.1, 0.15) is 5.82 Å². The number of fused-ring (bicyclic) bond motifs is 1. The highest BCUT2D eigenvalue weighted by Crippen LogP contribution is 2.22. The summed E-state index contributed by atoms with van der Waals surface area (Å²) in [4.78, 5) is 0. The number of rotatable bonds is 4. The molecule has 0 aliphatic rings. The van der Waals surface area contributed by atoms with Crippen molar-refractivity contribution in [1.82, 2.24) is 25.3 Å². The summed E-state index contributed by atoms with van der Waals surface area (Å²) in [6.45, 7) is 0.282. The number of hydrogen-bond donors (Lipinski definition) is 2. The number of aromatic nitrogens is 5. The molecule has 7 nitrogen and oxygen atoms in total. The fraction of sp³-hybridized carbons (Fsp3) is 0.167. The highest BCUT2D eigenvalue weighted by molar-refractivity contribution is 6.31. The molecule has 0 bridgehead atoms. The van der Waals surface area contributed by atoms with Crippen LogP contribution in [0.25, 0.3) is 5.65 Å². The van der Waals surface area contributed by atoms with Crippen LogP contribution in [0, 0.1) is 0 Å². The molecule has 0 amide bonds. The van der Waals surface area contributed by atoms with Gasteiger partial charge in [-0.1, -0.05) is 29.8 Å². The molecule has 3 aromatic rings. The minimum atomic E-state index is -0.727. The third kappa shape index (κ3) is 2.54. The van der Waals surface area contributed by atoms with Crippen molar-refractivity contribution in [3.8, 4) is 0 Å². The third-order valence-corrected chi connectivity index (χ3v) is 3.15. The van der Waals surface area contributed by atoms with Gasteiger partial charge in [-0.25, -0.2) is 0 Å². The molecule has 1 aromatic carbocycles. The van der Waals surface area contributed by atoms with E-state index >= 15 is 0 Å². The van der Waals surface area contributed by atoms with Gasteiger partial charge in [-0.15, -0.1) is 14.8 Å². The molecule has 2 N–H and O–H groups in total. The van der Waals surface area contributed by atoms with Crippen molar-refractivity contribution in [3.63, 3.8) is 0 Å². The summed E-state index contributed by atoms with van der Waals surface area (Å²) in [6.07, 6.45) is -0.727. The number of aliphatic hydroxyl groups is 1. The van der Waals surface area contributed by atoms with Crippen LogP contribution in [0.2, 0.25) is 5.02 Å². The van der Waals surface area contributed by atoms with Gasteiger partial charge in [0.2, 0.25) is 0 Å². The number of aliphatic hydroxyl groups excluding tert-OH is 1. The first-order valence-electron chi connectivity index (χ1n) is 5.96. The van der Waals surface area contributed by atoms with E-state index < -0.39 is 6.10 Å². The highest BCUT2D eigenvalue weighted by Gasteiger charge is 2.11. The number of nitrogens with one attached hydrogen (secondary N) is 1. The Hall–Kier alpha value is -2.25. The van der Waals surface area contributed by atoms with Gasteiger partial charge < -0.3 is 10.4 Å². The van der Waals surface area contributed by atoms with Crippen molar-refractivity contribution in [1.29, 1.82) is 0 Å². The van der Waals surface area contributed by atoms with Crippen LogP contribution in [0.5, 0.6) is 0 Å². The molecule has 0 aliphatic carbocycles. The summed E-state index contributed by atoms with van der Waals surface area (Å²) >= 11 is 6.03. The van der Waals surface area contributed by atoms with Crippen LogP contribution in [-0.2, 0) is 0 Å². The minimum absolute atomic E-state index is 0.282. The summed E-state index contributed by atoms with van der Waals surface area (Å²) in [5.41, 5.74) is 1.23. The van der Waals surface area contributed by atoms with E-state index in [1.165, 1.54) is 4.63 Å². The molecule has 0 fully saturated rings. The standard InChI is InChI=1S/C12H11ClN6O/c13-9-4-2-1-3-8(9)10(20)7-14-11-5-6-12-15-17-18-19(12)16-11/h1-6,10,20H,7H2,(H,14,16). The normalized spacial score (nSPS) is 12.5. The quantitative estimate of drug-likeness (QED) is 0.753. The monoisotopic (exact) mass is 290 g/mol. The summed E-state index contributed by atoms with van der Waals surface area (Å²) in [5.74, 6) is 0.566. The first-order chi connectivity index (χ1) is 9.74. The highest BCUT2D eigenvalue weighted by atomic mass is 35.5. The Kier molecular flexibility index (Phi) is 3.44. The van der Waals surface area contributed by atoms with E-state index in [1.807, 2.05) is 12.1 Å². The molecule has 0 spiro atoms. The van der Waals surface area contributed by atoms with E-state index in [-0.39, 0.29) is 6.54 Å². The second kappa shape index (κ2) is 5.40. The largest absolute Gasteiger partial charge is 0.387 e. The molecular formula is C12H11ClN6O. The van der Waals surface area contributed by atoms with Gasteiger partial charge in [0.25, 0.3) is 0 Å². The van der Waals surface area contributed by atoms with E-state index in [4.69, 9.17) is 11.6 Å². The van der Waals surface area contributed by atoms with Crippen molar-refractivity contribution in [3.05, 3.63) is 47.0 Å². The number of hydrogen-bond acceptors (Lipinski definition) is 6. The molecule has 102 valence electrons. The number of halogens is 1. The van der Waals surface area contributed by atoms with E-state index in [1.54, 1.807) is 24.3 Å². The molecule has 2 heterocycles. The zero-order valence-corrected chi connectivity index (χ0v) is 11.1. The van der Waals surface area contributed by atoms with E-state index in [2.05, 4.69) is 25.9 Å². The summed E-state index contributed by atoms with van der Waals surface area (Å²) in [7, 11) is 0. The molecule has 0 aliphatic heterocycles. The first-order valence-corrected chi connectivity index (χ1v) is 6.33. The smallest absolute Gasteiger partial charge is 0.200 e. The van der Waals surface area contributed by atoms with Gasteiger partial charge in [-0.2, -0.15) is 0 Å². The third-order valence-electron chi connectivity index (χ3n) is 2.81. The second-order valence-corrected chi connectivity index (χ2v) is 4.57. The van der Waals surface area contributed by atoms with Gasteiger partial charge in [-0.3, -0.25) is 0 Å². The summed E-state index contributed by atoms with van der Waals surface area (Å²) in [6, 6.07) is 10.6. The predicted octanol–water partition coefficient (Wildman–Crippen LogP) is 1.32. The Morgan fingerprint density at radius 2 is 2.10 bits per heavy atom. The molecule has 3 rings (SSSR count). The average molecular weight is 291 g/mol. The summed E-state index contributed by atoms with van der Waals surface area (Å²) < 4.78 is 1.31. The van der Waals surface area contributed by atoms with Crippen LogP contribution in [0.3, 0.4) is 0 Å². The average Bonchev–Trinajstić information content (AvgIpc) is 2.92. The Morgan fingerprint density at radius 1 is 1.25 bits per heavy atom. The Morgan fingerprint density at radius 3 is 2.95 bits per heavy atom. The van der Waals surface area contributed by atoms with Crippen molar-refractivity contribution in [2.75, 3.05) is 11.9 Å². The van der Waals surface area contributed by atoms with Crippen LogP contribution < -0.4 is 5.32 Å². The van der Waals surface area contributed by atoms with Crippen LogP contribution >= 0.6 is 11.6 Å². The number of benzene rings is 1. The molecule has 0 radical (unpaired) electrons. The zero-order chi connectivity index (χ0) is 13.9. The molecule has 0 saturated carbocycles. The number of tetrazole rings is 1. The van der Waals surface area contributed by atoms with Crippen molar-refractivity contribution in [2.45, 2.75) is 6.10 Å². The lowest BCUT2D eigenvalue weighted by molar-refractivity contribution is 0.191. The molecule has 0 saturated heterocycles. The second-order valence-electron chi connectivity index (χ2n) is 4.16. The molecule has 1 unspecified atom stereocenters. The lowest BCUT2D eigenvalue weighted by Gasteiger charge is -2.13. The Labute approximate surface area is 119 Å². The van der Waals surface area contributed by atoms with Crippen molar-refractivity contribution < 1.29 is 5.11 Å². The maximum absolute atomic E-state index is 10.1. The van der Waals surface area contributed by atoms with Crippen LogP contribution in [-0.4, -0.2) is 36.9 Å². The van der Waals surface area contributed by atoms with Gasteiger partial charge in [0, 0.05) is 17.1 Å². The van der Waals surface area contributed by atoms with Gasteiger partial charge in [-0.05, 0) is 28.6 Å². The van der Waals surface area contributed by atoms with E-state index in [9.17, 15) is 5.11 Å². The molecule has 8 heteroatoms. The first kappa shape index (κ1) is 12.8. The molecule has 20 heavy (non-hydrogen) atoms. The minimum Gasteiger partial charge on any atom is -0.387 e. The summed E-state index contributed by atoms with van der Waals surface area (Å²) in [5, 5.41) is 28.8. The van der Waals surface area contributed by atoms with Crippen molar-refractivity contribution >= 4 is 23.1 Å². The van der Waals surface area contributed by atoms with Crippen LogP contribution in [0.15, 0.2) is 36.4 Å². The topological polar surface area (TPSA) is 88.2 Å². The fourth-order valence-corrected chi connectivity index (χ4v) is 2.06. The zero-order valence-electron chi connectivity index (χ0n) is 10.3. The van der Waals surface area contributed by atoms with E-state index in [0.29, 0.717) is 22.1 Å². The van der Waals surface area contributed by atoms with Gasteiger partial charge in [0.15, 0.2) is 5.65 Å². The van der Waals surface area contributed by atoms with Crippen LogP contribution in [0.1, 0.15) is 11.7 Å². The lowest BCUT2D eigenvalue weighted by Crippen LogP contribution is -2.14. The Balaban J connectivity index is 1.71. The number of anilines is 1. The Bertz CT molecular complexity index is 731. The maximum Gasteiger partial charge on any atom is 0.200 e. The van der Waals surface area contributed by atoms with Crippen molar-refractivity contribution in [2.24, 2.45) is 0 Å². The van der Waals surface area contributed by atoms with Crippen LogP contribution in [0.4, 0.5) is 5.82 Å².